The molecular weight excluding hydrogens is 396 g/mol. The summed E-state index contributed by atoms with van der Waals surface area (Å²) in [6.07, 6.45) is -4.11. The van der Waals surface area contributed by atoms with Gasteiger partial charge in [-0.25, -0.2) is 0 Å². The van der Waals surface area contributed by atoms with E-state index in [1.54, 1.807) is 12.1 Å². The normalized spacial score (nSPS) is 27.0. The first kappa shape index (κ1) is 22.0. The van der Waals surface area contributed by atoms with Crippen molar-refractivity contribution in [3.63, 3.8) is 0 Å². The van der Waals surface area contributed by atoms with Crippen LogP contribution in [0.1, 0.15) is 29.7 Å². The molecule has 2 unspecified atom stereocenters. The van der Waals surface area contributed by atoms with E-state index in [1.807, 2.05) is 37.3 Å². The number of ether oxygens (including phenoxy) is 3. The lowest BCUT2D eigenvalue weighted by Crippen LogP contribution is -2.55. The Balaban J connectivity index is 1.85. The van der Waals surface area contributed by atoms with Crippen LogP contribution < -0.4 is 4.74 Å². The third-order valence-electron chi connectivity index (χ3n) is 5.17. The maximum Gasteiger partial charge on any atom is 0.119 e. The van der Waals surface area contributed by atoms with Gasteiger partial charge in [0.2, 0.25) is 0 Å². The van der Waals surface area contributed by atoms with Crippen molar-refractivity contribution in [2.75, 3.05) is 20.3 Å². The van der Waals surface area contributed by atoms with E-state index in [0.717, 1.165) is 22.4 Å². The molecule has 2 aromatic carbocycles. The van der Waals surface area contributed by atoms with Crippen LogP contribution >= 0.6 is 11.6 Å². The van der Waals surface area contributed by atoms with Crippen LogP contribution in [0.3, 0.4) is 0 Å². The number of aliphatic hydroxyl groups is 3. The smallest absolute Gasteiger partial charge is 0.119 e. The first-order chi connectivity index (χ1) is 14.0. The van der Waals surface area contributed by atoms with Crippen molar-refractivity contribution in [1.29, 1.82) is 0 Å². The summed E-state index contributed by atoms with van der Waals surface area (Å²) in [6, 6.07) is 13.3. The van der Waals surface area contributed by atoms with Crippen molar-refractivity contribution in [1.82, 2.24) is 0 Å². The molecular formula is C22H27ClO6. The van der Waals surface area contributed by atoms with Crippen molar-refractivity contribution in [2.45, 2.75) is 43.9 Å². The highest BCUT2D eigenvalue weighted by atomic mass is 35.5. The molecule has 1 aliphatic rings. The quantitative estimate of drug-likeness (QED) is 0.635. The van der Waals surface area contributed by atoms with E-state index in [-0.39, 0.29) is 0 Å². The fraction of sp³-hybridized carbons (Fsp3) is 0.455. The van der Waals surface area contributed by atoms with Crippen LogP contribution in [0.2, 0.25) is 5.02 Å². The van der Waals surface area contributed by atoms with Crippen LogP contribution in [0.4, 0.5) is 0 Å². The molecule has 7 heteroatoms. The Hall–Kier alpha value is -1.67. The van der Waals surface area contributed by atoms with Gasteiger partial charge in [-0.15, -0.1) is 0 Å². The van der Waals surface area contributed by atoms with Gasteiger partial charge in [0.25, 0.3) is 0 Å². The molecule has 0 bridgehead atoms. The molecule has 2 aromatic rings. The topological polar surface area (TPSA) is 88.4 Å². The molecule has 1 heterocycles. The van der Waals surface area contributed by atoms with Crippen molar-refractivity contribution in [3.05, 3.63) is 64.2 Å². The van der Waals surface area contributed by atoms with E-state index in [4.69, 9.17) is 25.8 Å². The standard InChI is InChI=1S/C22H27ClO6/c1-3-28-16-7-4-13(5-8-16)10-15-11-14(6-9-17(15)23)21-22(27-2)20(26)19(25)18(12-24)29-21/h4-9,11,18-22,24-26H,3,10,12H2,1-2H3/t18?,19-,20?,21+,22+/m1/s1. The van der Waals surface area contributed by atoms with Crippen molar-refractivity contribution in [3.8, 4) is 5.75 Å². The summed E-state index contributed by atoms with van der Waals surface area (Å²) in [7, 11) is 1.45. The molecule has 1 saturated heterocycles. The van der Waals surface area contributed by atoms with E-state index in [2.05, 4.69) is 0 Å². The van der Waals surface area contributed by atoms with Gasteiger partial charge in [0.15, 0.2) is 0 Å². The molecule has 3 rings (SSSR count). The summed E-state index contributed by atoms with van der Waals surface area (Å²) in [5, 5.41) is 30.6. The molecule has 1 aliphatic heterocycles. The zero-order valence-electron chi connectivity index (χ0n) is 16.5. The average molecular weight is 423 g/mol. The first-order valence-electron chi connectivity index (χ1n) is 9.63. The van der Waals surface area contributed by atoms with Gasteiger partial charge >= 0.3 is 0 Å². The van der Waals surface area contributed by atoms with E-state index in [0.29, 0.717) is 18.1 Å². The Morgan fingerprint density at radius 2 is 1.79 bits per heavy atom. The van der Waals surface area contributed by atoms with Gasteiger partial charge in [-0.3, -0.25) is 0 Å². The van der Waals surface area contributed by atoms with Crippen LogP contribution in [-0.4, -0.2) is 60.1 Å². The summed E-state index contributed by atoms with van der Waals surface area (Å²) in [5.74, 6) is 0.817. The predicted molar refractivity (Wildman–Crippen MR) is 109 cm³/mol. The minimum absolute atomic E-state index is 0.405. The largest absolute Gasteiger partial charge is 0.494 e. The molecule has 0 saturated carbocycles. The average Bonchev–Trinajstić information content (AvgIpc) is 2.73. The van der Waals surface area contributed by atoms with Crippen molar-refractivity contribution < 1.29 is 29.5 Å². The maximum atomic E-state index is 10.4. The second-order valence-electron chi connectivity index (χ2n) is 7.06. The third-order valence-corrected chi connectivity index (χ3v) is 5.54. The summed E-state index contributed by atoms with van der Waals surface area (Å²) in [5.41, 5.74) is 2.73. The Morgan fingerprint density at radius 3 is 2.41 bits per heavy atom. The number of hydrogen-bond acceptors (Lipinski definition) is 6. The fourth-order valence-corrected chi connectivity index (χ4v) is 3.80. The maximum absolute atomic E-state index is 10.4. The first-order valence-corrected chi connectivity index (χ1v) is 10.0. The lowest BCUT2D eigenvalue weighted by Gasteiger charge is -2.42. The third kappa shape index (κ3) is 4.91. The van der Waals surface area contributed by atoms with E-state index >= 15 is 0 Å². The molecule has 5 atom stereocenters. The van der Waals surface area contributed by atoms with Gasteiger partial charge < -0.3 is 29.5 Å². The Bertz CT molecular complexity index is 796. The highest BCUT2D eigenvalue weighted by Gasteiger charge is 2.45. The highest BCUT2D eigenvalue weighted by molar-refractivity contribution is 6.31. The van der Waals surface area contributed by atoms with Crippen molar-refractivity contribution in [2.24, 2.45) is 0 Å². The van der Waals surface area contributed by atoms with Crippen LogP contribution in [0, 0.1) is 0 Å². The summed E-state index contributed by atoms with van der Waals surface area (Å²) in [4.78, 5) is 0. The molecule has 0 amide bonds. The van der Waals surface area contributed by atoms with E-state index in [1.165, 1.54) is 7.11 Å². The van der Waals surface area contributed by atoms with E-state index < -0.39 is 37.1 Å². The van der Waals surface area contributed by atoms with Gasteiger partial charge in [-0.1, -0.05) is 35.9 Å². The monoisotopic (exact) mass is 422 g/mol. The summed E-state index contributed by atoms with van der Waals surface area (Å²) in [6.45, 7) is 2.15. The number of aliphatic hydroxyl groups excluding tert-OH is 3. The summed E-state index contributed by atoms with van der Waals surface area (Å²) >= 11 is 6.42. The lowest BCUT2D eigenvalue weighted by atomic mass is 9.90. The molecule has 0 radical (unpaired) electrons. The molecule has 0 aliphatic carbocycles. The molecule has 3 N–H and O–H groups in total. The van der Waals surface area contributed by atoms with Crippen LogP contribution in [0.15, 0.2) is 42.5 Å². The SMILES string of the molecule is CCOc1ccc(Cc2cc([C@@H]3OC(CO)[C@@H](O)C(O)[C@@H]3OC)ccc2Cl)cc1. The summed E-state index contributed by atoms with van der Waals surface area (Å²) < 4.78 is 16.7. The van der Waals surface area contributed by atoms with Crippen LogP contribution in [-0.2, 0) is 15.9 Å². The zero-order chi connectivity index (χ0) is 21.0. The minimum atomic E-state index is -1.23. The zero-order valence-corrected chi connectivity index (χ0v) is 17.2. The lowest BCUT2D eigenvalue weighted by molar-refractivity contribution is -0.238. The second kappa shape index (κ2) is 9.89. The predicted octanol–water partition coefficient (Wildman–Crippen LogP) is 2.50. The highest BCUT2D eigenvalue weighted by Crippen LogP contribution is 2.35. The van der Waals surface area contributed by atoms with Gasteiger partial charge in [0.1, 0.15) is 36.3 Å². The molecule has 6 nitrogen and oxygen atoms in total. The fourth-order valence-electron chi connectivity index (χ4n) is 3.62. The van der Waals surface area contributed by atoms with E-state index in [9.17, 15) is 15.3 Å². The number of benzene rings is 2. The van der Waals surface area contributed by atoms with Gasteiger partial charge in [-0.05, 0) is 48.2 Å². The molecule has 29 heavy (non-hydrogen) atoms. The van der Waals surface area contributed by atoms with Gasteiger partial charge in [-0.2, -0.15) is 0 Å². The second-order valence-corrected chi connectivity index (χ2v) is 7.47. The molecule has 0 spiro atoms. The number of rotatable bonds is 7. The Kier molecular flexibility index (Phi) is 7.51. The van der Waals surface area contributed by atoms with Crippen LogP contribution in [0.25, 0.3) is 0 Å². The van der Waals surface area contributed by atoms with Crippen molar-refractivity contribution >= 4 is 11.6 Å². The van der Waals surface area contributed by atoms with Gasteiger partial charge in [0, 0.05) is 12.1 Å². The molecule has 0 aromatic heterocycles. The number of methoxy groups -OCH3 is 1. The minimum Gasteiger partial charge on any atom is -0.494 e. The molecule has 158 valence electrons. The molecule has 1 fully saturated rings. The van der Waals surface area contributed by atoms with Crippen LogP contribution in [0.5, 0.6) is 5.75 Å². The number of hydrogen-bond donors (Lipinski definition) is 3. The van der Waals surface area contributed by atoms with Gasteiger partial charge in [0.05, 0.1) is 13.2 Å². The Labute approximate surface area is 175 Å². The Morgan fingerprint density at radius 1 is 1.07 bits per heavy atom. The number of halogens is 1.